The van der Waals surface area contributed by atoms with E-state index < -0.39 is 0 Å². The van der Waals surface area contributed by atoms with Gasteiger partial charge in [-0.15, -0.1) is 0 Å². The Morgan fingerprint density at radius 1 is 1.19 bits per heavy atom. The molecule has 0 aliphatic heterocycles. The van der Waals surface area contributed by atoms with Crippen LogP contribution in [0.4, 0.5) is 4.39 Å². The molecule has 1 amide bonds. The lowest BCUT2D eigenvalue weighted by molar-refractivity contribution is 0.0934. The molecule has 0 fully saturated rings. The number of nitrogens with one attached hydrogen (secondary N) is 1. The lowest BCUT2D eigenvalue weighted by Crippen LogP contribution is -2.29. The summed E-state index contributed by atoms with van der Waals surface area (Å²) < 4.78 is 13.1. The van der Waals surface area contributed by atoms with Crippen molar-refractivity contribution in [2.75, 3.05) is 0 Å². The fraction of sp³-hybridized carbons (Fsp3) is 0.278. The number of aryl methyl sites for hydroxylation is 1. The molecule has 2 aromatic rings. The van der Waals surface area contributed by atoms with Crippen molar-refractivity contribution in [1.82, 2.24) is 5.32 Å². The van der Waals surface area contributed by atoms with Crippen LogP contribution in [-0.2, 0) is 0 Å². The molecule has 1 unspecified atom stereocenters. The second-order valence-electron chi connectivity index (χ2n) is 5.18. The molecule has 21 heavy (non-hydrogen) atoms. The average Bonchev–Trinajstić information content (AvgIpc) is 2.47. The van der Waals surface area contributed by atoms with Crippen molar-refractivity contribution in [2.45, 2.75) is 32.7 Å². The number of carbonyl (C=O) groups is 1. The highest BCUT2D eigenvalue weighted by Gasteiger charge is 2.16. The Bertz CT molecular complexity index is 610. The van der Waals surface area contributed by atoms with E-state index in [1.807, 2.05) is 30.3 Å². The minimum atomic E-state index is -0.322. The van der Waals surface area contributed by atoms with Gasteiger partial charge in [-0.25, -0.2) is 4.39 Å². The minimum absolute atomic E-state index is 0.0202. The van der Waals surface area contributed by atoms with Crippen LogP contribution in [0.2, 0.25) is 0 Å². The number of rotatable bonds is 5. The first-order valence-corrected chi connectivity index (χ1v) is 7.23. The van der Waals surface area contributed by atoms with Crippen molar-refractivity contribution in [1.29, 1.82) is 0 Å². The molecule has 0 radical (unpaired) electrons. The second-order valence-corrected chi connectivity index (χ2v) is 5.18. The molecule has 0 bridgehead atoms. The predicted molar refractivity (Wildman–Crippen MR) is 82.7 cm³/mol. The van der Waals surface area contributed by atoms with Gasteiger partial charge in [0.15, 0.2) is 0 Å². The summed E-state index contributed by atoms with van der Waals surface area (Å²) in [5.41, 5.74) is 2.26. The van der Waals surface area contributed by atoms with E-state index in [9.17, 15) is 9.18 Å². The maximum atomic E-state index is 13.1. The van der Waals surface area contributed by atoms with Crippen molar-refractivity contribution >= 4 is 5.91 Å². The zero-order chi connectivity index (χ0) is 15.2. The monoisotopic (exact) mass is 285 g/mol. The molecule has 2 nitrogen and oxygen atoms in total. The molecule has 0 spiro atoms. The van der Waals surface area contributed by atoms with Gasteiger partial charge in [0, 0.05) is 5.56 Å². The van der Waals surface area contributed by atoms with Gasteiger partial charge in [0.1, 0.15) is 5.82 Å². The van der Waals surface area contributed by atoms with Gasteiger partial charge in [0.2, 0.25) is 0 Å². The van der Waals surface area contributed by atoms with Gasteiger partial charge in [-0.3, -0.25) is 4.79 Å². The van der Waals surface area contributed by atoms with Crippen molar-refractivity contribution < 1.29 is 9.18 Å². The third kappa shape index (κ3) is 3.91. The Morgan fingerprint density at radius 3 is 2.52 bits per heavy atom. The first kappa shape index (κ1) is 15.2. The largest absolute Gasteiger partial charge is 0.345 e. The van der Waals surface area contributed by atoms with Crippen LogP contribution in [0, 0.1) is 12.7 Å². The van der Waals surface area contributed by atoms with E-state index in [1.165, 1.54) is 18.2 Å². The van der Waals surface area contributed by atoms with Gasteiger partial charge in [0.25, 0.3) is 5.91 Å². The third-order valence-electron chi connectivity index (χ3n) is 3.52. The van der Waals surface area contributed by atoms with Crippen LogP contribution in [0.25, 0.3) is 0 Å². The second kappa shape index (κ2) is 7.02. The van der Waals surface area contributed by atoms with Gasteiger partial charge in [-0.05, 0) is 42.7 Å². The average molecular weight is 285 g/mol. The first-order chi connectivity index (χ1) is 10.1. The van der Waals surface area contributed by atoms with E-state index in [2.05, 4.69) is 12.2 Å². The highest BCUT2D eigenvalue weighted by atomic mass is 19.1. The fourth-order valence-electron chi connectivity index (χ4n) is 2.41. The molecule has 0 aliphatic rings. The highest BCUT2D eigenvalue weighted by molar-refractivity contribution is 5.95. The maximum Gasteiger partial charge on any atom is 0.252 e. The molecule has 0 saturated heterocycles. The van der Waals surface area contributed by atoms with Crippen molar-refractivity contribution in [2.24, 2.45) is 0 Å². The predicted octanol–water partition coefficient (Wildman–Crippen LogP) is 4.41. The van der Waals surface area contributed by atoms with E-state index >= 15 is 0 Å². The zero-order valence-corrected chi connectivity index (χ0v) is 12.4. The first-order valence-electron chi connectivity index (χ1n) is 7.23. The summed E-state index contributed by atoms with van der Waals surface area (Å²) in [4.78, 5) is 12.4. The molecule has 1 atom stereocenters. The van der Waals surface area contributed by atoms with E-state index in [0.717, 1.165) is 18.4 Å². The molecule has 0 saturated carbocycles. The van der Waals surface area contributed by atoms with Crippen LogP contribution >= 0.6 is 0 Å². The standard InChI is InChI=1S/C18H20FNO/c1-3-7-17(14-8-5-4-6-9-14)20-18(21)16-11-10-15(19)12-13(16)2/h4-6,8-12,17H,3,7H2,1-2H3,(H,20,21). The number of benzene rings is 2. The van der Waals surface area contributed by atoms with Crippen molar-refractivity contribution in [3.05, 3.63) is 71.0 Å². The van der Waals surface area contributed by atoms with Crippen LogP contribution in [0.15, 0.2) is 48.5 Å². The molecule has 1 N–H and O–H groups in total. The lowest BCUT2D eigenvalue weighted by Gasteiger charge is -2.19. The summed E-state index contributed by atoms with van der Waals surface area (Å²) in [7, 11) is 0. The van der Waals surface area contributed by atoms with Crippen LogP contribution in [-0.4, -0.2) is 5.91 Å². The summed E-state index contributed by atoms with van der Waals surface area (Å²) >= 11 is 0. The zero-order valence-electron chi connectivity index (χ0n) is 12.4. The van der Waals surface area contributed by atoms with Crippen LogP contribution in [0.1, 0.15) is 47.3 Å². The van der Waals surface area contributed by atoms with Crippen LogP contribution in [0.5, 0.6) is 0 Å². The van der Waals surface area contributed by atoms with Crippen molar-refractivity contribution in [3.63, 3.8) is 0 Å². The number of hydrogen-bond acceptors (Lipinski definition) is 1. The van der Waals surface area contributed by atoms with Crippen LogP contribution < -0.4 is 5.32 Å². The summed E-state index contributed by atoms with van der Waals surface area (Å²) in [6.45, 7) is 3.83. The summed E-state index contributed by atoms with van der Waals surface area (Å²) in [6, 6.07) is 14.1. The number of carbonyl (C=O) groups excluding carboxylic acids is 1. The number of halogens is 1. The topological polar surface area (TPSA) is 29.1 Å². The van der Waals surface area contributed by atoms with Gasteiger partial charge in [-0.2, -0.15) is 0 Å². The minimum Gasteiger partial charge on any atom is -0.345 e. The van der Waals surface area contributed by atoms with Gasteiger partial charge >= 0.3 is 0 Å². The molecular formula is C18H20FNO. The Kier molecular flexibility index (Phi) is 5.09. The quantitative estimate of drug-likeness (QED) is 0.866. The Hall–Kier alpha value is -2.16. The summed E-state index contributed by atoms with van der Waals surface area (Å²) in [6.07, 6.45) is 1.85. The maximum absolute atomic E-state index is 13.1. The Balaban J connectivity index is 2.18. The summed E-state index contributed by atoms with van der Waals surface area (Å²) in [5.74, 6) is -0.480. The van der Waals surface area contributed by atoms with Gasteiger partial charge in [-0.1, -0.05) is 43.7 Å². The van der Waals surface area contributed by atoms with Gasteiger partial charge in [0.05, 0.1) is 6.04 Å². The normalized spacial score (nSPS) is 12.0. The molecular weight excluding hydrogens is 265 g/mol. The SMILES string of the molecule is CCCC(NC(=O)c1ccc(F)cc1C)c1ccccc1. The lowest BCUT2D eigenvalue weighted by atomic mass is 10.0. The number of amides is 1. The van der Waals surface area contributed by atoms with E-state index in [-0.39, 0.29) is 17.8 Å². The van der Waals surface area contributed by atoms with Gasteiger partial charge < -0.3 is 5.32 Å². The molecule has 2 rings (SSSR count). The Labute approximate surface area is 125 Å². The Morgan fingerprint density at radius 2 is 1.90 bits per heavy atom. The van der Waals surface area contributed by atoms with E-state index in [4.69, 9.17) is 0 Å². The molecule has 110 valence electrons. The van der Waals surface area contributed by atoms with Crippen molar-refractivity contribution in [3.8, 4) is 0 Å². The number of hydrogen-bond donors (Lipinski definition) is 1. The van der Waals surface area contributed by atoms with E-state index in [1.54, 1.807) is 6.92 Å². The smallest absolute Gasteiger partial charge is 0.252 e. The third-order valence-corrected chi connectivity index (χ3v) is 3.52. The summed E-state index contributed by atoms with van der Waals surface area (Å²) in [5, 5.41) is 3.05. The molecule has 0 aromatic heterocycles. The molecule has 3 heteroatoms. The molecule has 0 aliphatic carbocycles. The highest BCUT2D eigenvalue weighted by Crippen LogP contribution is 2.19. The van der Waals surface area contributed by atoms with E-state index in [0.29, 0.717) is 11.1 Å². The molecule has 2 aromatic carbocycles. The van der Waals surface area contributed by atoms with Crippen LogP contribution in [0.3, 0.4) is 0 Å². The molecule has 0 heterocycles. The fourth-order valence-corrected chi connectivity index (χ4v) is 2.41.